The lowest BCUT2D eigenvalue weighted by atomic mass is 10.0. The first-order valence-corrected chi connectivity index (χ1v) is 9.40. The summed E-state index contributed by atoms with van der Waals surface area (Å²) in [6.45, 7) is 7.68. The molecule has 1 amide bonds. The molecule has 1 aliphatic rings. The maximum Gasteiger partial charge on any atom is 0.237 e. The number of nitrogens with zero attached hydrogens (tertiary/aromatic N) is 1. The Morgan fingerprint density at radius 2 is 2.12 bits per heavy atom. The molecular weight excluding hydrogens is 300 g/mol. The molecule has 4 heteroatoms. The van der Waals surface area contributed by atoms with Gasteiger partial charge in [-0.3, -0.25) is 9.69 Å². The van der Waals surface area contributed by atoms with Crippen LogP contribution in [0.25, 0.3) is 0 Å². The number of benzene rings is 1. The van der Waals surface area contributed by atoms with Gasteiger partial charge in [-0.15, -0.1) is 0 Å². The number of carbonyl (C=O) groups excluding carboxylic acids is 1. The molecule has 1 aliphatic heterocycles. The number of hydrogen-bond acceptors (Lipinski definition) is 3. The molecule has 2 unspecified atom stereocenters. The Bertz CT molecular complexity index is 476. The second-order valence-electron chi connectivity index (χ2n) is 6.62. The fourth-order valence-corrected chi connectivity index (χ4v) is 3.32. The smallest absolute Gasteiger partial charge is 0.237 e. The van der Waals surface area contributed by atoms with Crippen LogP contribution in [0.3, 0.4) is 0 Å². The predicted octanol–water partition coefficient (Wildman–Crippen LogP) is 3.54. The molecule has 1 N–H and O–H groups in total. The van der Waals surface area contributed by atoms with E-state index in [2.05, 4.69) is 36.2 Å². The van der Waals surface area contributed by atoms with Crippen LogP contribution in [0.5, 0.6) is 0 Å². The van der Waals surface area contributed by atoms with E-state index in [0.717, 1.165) is 38.8 Å². The average Bonchev–Trinajstić information content (AvgIpc) is 2.62. The van der Waals surface area contributed by atoms with E-state index in [1.165, 1.54) is 12.0 Å². The minimum atomic E-state index is 0.0721. The molecule has 0 aromatic heterocycles. The molecule has 1 saturated heterocycles. The first-order chi connectivity index (χ1) is 11.7. The molecule has 0 saturated carbocycles. The van der Waals surface area contributed by atoms with Crippen LogP contribution in [-0.4, -0.2) is 43.1 Å². The van der Waals surface area contributed by atoms with E-state index in [0.29, 0.717) is 13.2 Å². The Labute approximate surface area is 146 Å². The van der Waals surface area contributed by atoms with Crippen molar-refractivity contribution in [1.29, 1.82) is 0 Å². The van der Waals surface area contributed by atoms with Gasteiger partial charge in [-0.25, -0.2) is 0 Å². The summed E-state index contributed by atoms with van der Waals surface area (Å²) >= 11 is 0. The van der Waals surface area contributed by atoms with Crippen LogP contribution in [0.1, 0.15) is 57.6 Å². The minimum absolute atomic E-state index is 0.0721. The quantitative estimate of drug-likeness (QED) is 0.703. The average molecular weight is 332 g/mol. The summed E-state index contributed by atoms with van der Waals surface area (Å²) in [5.74, 6) is 0.194. The zero-order valence-corrected chi connectivity index (χ0v) is 15.2. The second-order valence-corrected chi connectivity index (χ2v) is 6.62. The first-order valence-electron chi connectivity index (χ1n) is 9.40. The summed E-state index contributed by atoms with van der Waals surface area (Å²) in [6.07, 6.45) is 5.43. The number of hydrogen-bond donors (Lipinski definition) is 1. The number of ether oxygens (including phenoxy) is 1. The van der Waals surface area contributed by atoms with Crippen molar-refractivity contribution in [3.05, 3.63) is 35.9 Å². The minimum Gasteiger partial charge on any atom is -0.374 e. The van der Waals surface area contributed by atoms with Gasteiger partial charge >= 0.3 is 0 Å². The van der Waals surface area contributed by atoms with Crippen molar-refractivity contribution < 1.29 is 9.53 Å². The predicted molar refractivity (Wildman–Crippen MR) is 97.9 cm³/mol. The van der Waals surface area contributed by atoms with Gasteiger partial charge in [0, 0.05) is 13.2 Å². The maximum atomic E-state index is 12.4. The van der Waals surface area contributed by atoms with Crippen molar-refractivity contribution in [3.8, 4) is 0 Å². The lowest BCUT2D eigenvalue weighted by Gasteiger charge is -2.34. The number of amides is 1. The Balaban J connectivity index is 1.63. The van der Waals surface area contributed by atoms with Gasteiger partial charge in [-0.05, 0) is 51.3 Å². The van der Waals surface area contributed by atoms with Gasteiger partial charge in [0.05, 0.1) is 12.1 Å². The number of rotatable bonds is 9. The van der Waals surface area contributed by atoms with Crippen LogP contribution in [0, 0.1) is 0 Å². The third-order valence-corrected chi connectivity index (χ3v) is 4.68. The van der Waals surface area contributed by atoms with Crippen LogP contribution in [0.4, 0.5) is 0 Å². The largest absolute Gasteiger partial charge is 0.374 e. The fourth-order valence-electron chi connectivity index (χ4n) is 3.32. The summed E-state index contributed by atoms with van der Waals surface area (Å²) in [7, 11) is 0. The van der Waals surface area contributed by atoms with E-state index in [9.17, 15) is 4.79 Å². The van der Waals surface area contributed by atoms with E-state index >= 15 is 0 Å². The highest BCUT2D eigenvalue weighted by Crippen LogP contribution is 2.18. The van der Waals surface area contributed by atoms with E-state index in [1.807, 2.05) is 18.2 Å². The Kier molecular flexibility index (Phi) is 8.26. The summed E-state index contributed by atoms with van der Waals surface area (Å²) in [5, 5.41) is 3.09. The Hall–Kier alpha value is -1.39. The van der Waals surface area contributed by atoms with E-state index < -0.39 is 0 Å². The topological polar surface area (TPSA) is 41.6 Å². The van der Waals surface area contributed by atoms with Gasteiger partial charge in [0.1, 0.15) is 0 Å². The second kappa shape index (κ2) is 10.5. The number of likely N-dealkylation sites (tertiary alicyclic amines) is 1. The number of nitrogens with one attached hydrogen (secondary N) is 1. The van der Waals surface area contributed by atoms with Gasteiger partial charge in [-0.2, -0.15) is 0 Å². The summed E-state index contributed by atoms with van der Waals surface area (Å²) in [5.41, 5.74) is 1.19. The molecule has 134 valence electrons. The normalized spacial score (nSPS) is 19.8. The monoisotopic (exact) mass is 332 g/mol. The van der Waals surface area contributed by atoms with Gasteiger partial charge in [0.15, 0.2) is 0 Å². The zero-order valence-electron chi connectivity index (χ0n) is 15.2. The molecule has 0 radical (unpaired) electrons. The molecule has 1 aromatic rings. The van der Waals surface area contributed by atoms with Crippen LogP contribution in [0.2, 0.25) is 0 Å². The Morgan fingerprint density at radius 1 is 1.33 bits per heavy atom. The standard InChI is InChI=1S/C20H32N2O2/c1-3-14-22-15-8-7-12-19(22)20(23)21-13-9-16-24-17(2)18-10-5-4-6-11-18/h4-6,10-11,17,19H,3,7-9,12-16H2,1-2H3,(H,21,23). The van der Waals surface area contributed by atoms with Gasteiger partial charge < -0.3 is 10.1 Å². The summed E-state index contributed by atoms with van der Waals surface area (Å²) in [4.78, 5) is 14.7. The molecule has 1 aromatic carbocycles. The molecule has 1 heterocycles. The Morgan fingerprint density at radius 3 is 2.88 bits per heavy atom. The SMILES string of the molecule is CCCN1CCCCC1C(=O)NCCCOC(C)c1ccccc1. The molecule has 2 atom stereocenters. The van der Waals surface area contributed by atoms with Gasteiger partial charge in [0.25, 0.3) is 0 Å². The molecule has 0 spiro atoms. The zero-order chi connectivity index (χ0) is 17.2. The maximum absolute atomic E-state index is 12.4. The molecular formula is C20H32N2O2. The summed E-state index contributed by atoms with van der Waals surface area (Å²) < 4.78 is 5.85. The molecule has 0 bridgehead atoms. The molecule has 4 nitrogen and oxygen atoms in total. The van der Waals surface area contributed by atoms with Crippen molar-refractivity contribution in [2.24, 2.45) is 0 Å². The first kappa shape index (κ1) is 18.9. The van der Waals surface area contributed by atoms with Crippen molar-refractivity contribution in [3.63, 3.8) is 0 Å². The molecule has 0 aliphatic carbocycles. The van der Waals surface area contributed by atoms with Gasteiger partial charge in [-0.1, -0.05) is 43.7 Å². The number of piperidine rings is 1. The van der Waals surface area contributed by atoms with Gasteiger partial charge in [0.2, 0.25) is 5.91 Å². The van der Waals surface area contributed by atoms with Crippen molar-refractivity contribution in [2.45, 2.75) is 58.1 Å². The third kappa shape index (κ3) is 5.91. The lowest BCUT2D eigenvalue weighted by molar-refractivity contribution is -0.127. The highest BCUT2D eigenvalue weighted by Gasteiger charge is 2.27. The summed E-state index contributed by atoms with van der Waals surface area (Å²) in [6, 6.07) is 10.3. The van der Waals surface area contributed by atoms with E-state index in [-0.39, 0.29) is 18.1 Å². The fraction of sp³-hybridized carbons (Fsp3) is 0.650. The van der Waals surface area contributed by atoms with Crippen LogP contribution < -0.4 is 5.32 Å². The highest BCUT2D eigenvalue weighted by molar-refractivity contribution is 5.81. The van der Waals surface area contributed by atoms with Crippen LogP contribution >= 0.6 is 0 Å². The molecule has 2 rings (SSSR count). The third-order valence-electron chi connectivity index (χ3n) is 4.68. The molecule has 1 fully saturated rings. The van der Waals surface area contributed by atoms with Crippen LogP contribution in [-0.2, 0) is 9.53 Å². The molecule has 24 heavy (non-hydrogen) atoms. The number of carbonyl (C=O) groups is 1. The van der Waals surface area contributed by atoms with Crippen molar-refractivity contribution >= 4 is 5.91 Å². The highest BCUT2D eigenvalue weighted by atomic mass is 16.5. The van der Waals surface area contributed by atoms with E-state index in [1.54, 1.807) is 0 Å². The van der Waals surface area contributed by atoms with Crippen molar-refractivity contribution in [2.75, 3.05) is 26.2 Å². The van der Waals surface area contributed by atoms with Crippen molar-refractivity contribution in [1.82, 2.24) is 10.2 Å². The van der Waals surface area contributed by atoms with Crippen LogP contribution in [0.15, 0.2) is 30.3 Å². The lowest BCUT2D eigenvalue weighted by Crippen LogP contribution is -2.49. The van der Waals surface area contributed by atoms with E-state index in [4.69, 9.17) is 4.74 Å².